The second-order valence-electron chi connectivity index (χ2n) is 4.97. The van der Waals surface area contributed by atoms with Crippen molar-refractivity contribution in [2.45, 2.75) is 5.92 Å². The molecule has 0 saturated carbocycles. The lowest BCUT2D eigenvalue weighted by Gasteiger charge is -2.19. The van der Waals surface area contributed by atoms with Crippen molar-refractivity contribution in [1.29, 1.82) is 0 Å². The predicted molar refractivity (Wildman–Crippen MR) is 86.5 cm³/mol. The molecule has 0 saturated heterocycles. The third-order valence-corrected chi connectivity index (χ3v) is 6.46. The molecular weight excluding hydrogens is 287 g/mol. The average molecular weight is 300 g/mol. The molecule has 2 aliphatic rings. The highest BCUT2D eigenvalue weighted by molar-refractivity contribution is 8.13. The number of hydrogen-bond donors (Lipinski definition) is 0. The van der Waals surface area contributed by atoms with Crippen molar-refractivity contribution in [2.75, 3.05) is 11.5 Å². The maximum absolute atomic E-state index is 13.7. The van der Waals surface area contributed by atoms with Gasteiger partial charge in [-0.05, 0) is 28.8 Å². The van der Waals surface area contributed by atoms with Crippen LogP contribution in [0.25, 0.3) is 4.91 Å². The number of hydrogen-bond acceptors (Lipinski definition) is 2. The van der Waals surface area contributed by atoms with E-state index in [-0.39, 0.29) is 11.7 Å². The molecule has 0 radical (unpaired) electrons. The van der Waals surface area contributed by atoms with Crippen molar-refractivity contribution >= 4 is 28.4 Å². The largest absolute Gasteiger partial charge is 0.207 e. The Labute approximate surface area is 126 Å². The van der Waals surface area contributed by atoms with Gasteiger partial charge in [0.25, 0.3) is 0 Å². The maximum atomic E-state index is 13.7. The highest BCUT2D eigenvalue weighted by Crippen LogP contribution is 2.56. The van der Waals surface area contributed by atoms with E-state index in [1.807, 2.05) is 35.7 Å². The van der Waals surface area contributed by atoms with Crippen LogP contribution >= 0.6 is 23.5 Å². The Bertz CT molecular complexity index is 691. The van der Waals surface area contributed by atoms with E-state index in [9.17, 15) is 4.39 Å². The summed E-state index contributed by atoms with van der Waals surface area (Å²) in [4.78, 5) is 2.78. The number of halogens is 1. The van der Waals surface area contributed by atoms with Crippen LogP contribution < -0.4 is 0 Å². The summed E-state index contributed by atoms with van der Waals surface area (Å²) in [6.45, 7) is 0. The van der Waals surface area contributed by atoms with Gasteiger partial charge in [-0.2, -0.15) is 0 Å². The second kappa shape index (κ2) is 4.97. The monoisotopic (exact) mass is 300 g/mol. The third-order valence-electron chi connectivity index (χ3n) is 3.78. The summed E-state index contributed by atoms with van der Waals surface area (Å²) in [5, 5.41) is 0. The fourth-order valence-electron chi connectivity index (χ4n) is 2.95. The molecule has 20 heavy (non-hydrogen) atoms. The van der Waals surface area contributed by atoms with Crippen LogP contribution in [-0.4, -0.2) is 11.5 Å². The SMILES string of the molecule is Fc1ccc2c(c1)C(c1ccccc1)C1=C2SCCS1. The molecule has 1 aliphatic heterocycles. The van der Waals surface area contributed by atoms with Gasteiger partial charge in [0.15, 0.2) is 0 Å². The lowest BCUT2D eigenvalue weighted by molar-refractivity contribution is 0.625. The molecule has 1 atom stereocenters. The van der Waals surface area contributed by atoms with Crippen molar-refractivity contribution in [3.05, 3.63) is 75.9 Å². The normalized spacial score (nSPS) is 20.8. The van der Waals surface area contributed by atoms with Gasteiger partial charge >= 0.3 is 0 Å². The van der Waals surface area contributed by atoms with Crippen molar-refractivity contribution < 1.29 is 4.39 Å². The van der Waals surface area contributed by atoms with Crippen molar-refractivity contribution in [3.63, 3.8) is 0 Å². The number of fused-ring (bicyclic) bond motifs is 2. The van der Waals surface area contributed by atoms with Crippen LogP contribution in [0.1, 0.15) is 22.6 Å². The lowest BCUT2D eigenvalue weighted by atomic mass is 9.93. The molecule has 0 spiro atoms. The van der Waals surface area contributed by atoms with Crippen LogP contribution in [0.15, 0.2) is 53.4 Å². The van der Waals surface area contributed by atoms with Gasteiger partial charge in [0, 0.05) is 27.2 Å². The summed E-state index contributed by atoms with van der Waals surface area (Å²) < 4.78 is 13.7. The Kier molecular flexibility index (Phi) is 3.12. The third kappa shape index (κ3) is 1.92. The first-order valence-corrected chi connectivity index (χ1v) is 8.66. The van der Waals surface area contributed by atoms with Crippen LogP contribution in [-0.2, 0) is 0 Å². The molecule has 1 unspecified atom stereocenters. The molecule has 0 bridgehead atoms. The minimum atomic E-state index is -0.139. The van der Waals surface area contributed by atoms with Crippen LogP contribution in [0.4, 0.5) is 4.39 Å². The molecule has 4 rings (SSSR count). The van der Waals surface area contributed by atoms with Gasteiger partial charge in [0.05, 0.1) is 0 Å². The van der Waals surface area contributed by atoms with Crippen molar-refractivity contribution in [1.82, 2.24) is 0 Å². The van der Waals surface area contributed by atoms with E-state index in [1.165, 1.54) is 20.9 Å². The van der Waals surface area contributed by atoms with Gasteiger partial charge in [-0.3, -0.25) is 0 Å². The van der Waals surface area contributed by atoms with Crippen LogP contribution in [0.2, 0.25) is 0 Å². The summed E-state index contributed by atoms with van der Waals surface area (Å²) in [6.07, 6.45) is 0. The average Bonchev–Trinajstić information content (AvgIpc) is 2.81. The minimum absolute atomic E-state index is 0.139. The Hall–Kier alpha value is -1.19. The number of allylic oxidation sites excluding steroid dienone is 1. The molecule has 0 amide bonds. The number of rotatable bonds is 1. The molecule has 0 N–H and O–H groups in total. The van der Waals surface area contributed by atoms with Gasteiger partial charge in [0.2, 0.25) is 0 Å². The molecule has 3 heteroatoms. The van der Waals surface area contributed by atoms with Crippen LogP contribution in [0, 0.1) is 5.82 Å². The molecule has 2 aromatic carbocycles. The van der Waals surface area contributed by atoms with Gasteiger partial charge in [-0.25, -0.2) is 4.39 Å². The number of thioether (sulfide) groups is 2. The predicted octanol–water partition coefficient (Wildman–Crippen LogP) is 5.12. The highest BCUT2D eigenvalue weighted by atomic mass is 32.2. The molecule has 0 fully saturated rings. The zero-order valence-electron chi connectivity index (χ0n) is 10.8. The van der Waals surface area contributed by atoms with E-state index in [0.717, 1.165) is 17.1 Å². The first-order chi connectivity index (χ1) is 9.84. The molecule has 100 valence electrons. The molecular formula is C17H13FS2. The molecule has 0 nitrogen and oxygen atoms in total. The van der Waals surface area contributed by atoms with Gasteiger partial charge in [0.1, 0.15) is 5.82 Å². The summed E-state index contributed by atoms with van der Waals surface area (Å²) >= 11 is 3.85. The first-order valence-electron chi connectivity index (χ1n) is 6.69. The Morgan fingerprint density at radius 2 is 1.75 bits per heavy atom. The van der Waals surface area contributed by atoms with Crippen LogP contribution in [0.5, 0.6) is 0 Å². The zero-order valence-corrected chi connectivity index (χ0v) is 12.4. The van der Waals surface area contributed by atoms with Crippen molar-refractivity contribution in [3.8, 4) is 0 Å². The Balaban J connectivity index is 1.93. The molecule has 0 aromatic heterocycles. The zero-order chi connectivity index (χ0) is 13.5. The van der Waals surface area contributed by atoms with E-state index in [1.54, 1.807) is 12.1 Å². The summed E-state index contributed by atoms with van der Waals surface area (Å²) in [5.74, 6) is 2.36. The van der Waals surface area contributed by atoms with Crippen LogP contribution in [0.3, 0.4) is 0 Å². The Morgan fingerprint density at radius 1 is 0.950 bits per heavy atom. The van der Waals surface area contributed by atoms with E-state index in [2.05, 4.69) is 24.3 Å². The van der Waals surface area contributed by atoms with Gasteiger partial charge < -0.3 is 0 Å². The maximum Gasteiger partial charge on any atom is 0.123 e. The van der Waals surface area contributed by atoms with E-state index >= 15 is 0 Å². The number of benzene rings is 2. The molecule has 2 aromatic rings. The van der Waals surface area contributed by atoms with Gasteiger partial charge in [-0.1, -0.05) is 36.4 Å². The standard InChI is InChI=1S/C17H13FS2/c18-12-6-7-13-14(10-12)15(11-4-2-1-3-5-11)17-16(13)19-8-9-20-17/h1-7,10,15H,8-9H2. The van der Waals surface area contributed by atoms with E-state index in [4.69, 9.17) is 0 Å². The fraction of sp³-hybridized carbons (Fsp3) is 0.176. The summed E-state index contributed by atoms with van der Waals surface area (Å²) in [6, 6.07) is 15.7. The second-order valence-corrected chi connectivity index (χ2v) is 7.21. The molecule has 1 heterocycles. The van der Waals surface area contributed by atoms with E-state index in [0.29, 0.717) is 0 Å². The fourth-order valence-corrected chi connectivity index (χ4v) is 5.67. The topological polar surface area (TPSA) is 0 Å². The quantitative estimate of drug-likeness (QED) is 0.717. The Morgan fingerprint density at radius 3 is 2.60 bits per heavy atom. The summed E-state index contributed by atoms with van der Waals surface area (Å²) in [5.41, 5.74) is 3.62. The lowest BCUT2D eigenvalue weighted by Crippen LogP contribution is -2.02. The minimum Gasteiger partial charge on any atom is -0.207 e. The summed E-state index contributed by atoms with van der Waals surface area (Å²) in [7, 11) is 0. The molecule has 1 aliphatic carbocycles. The first kappa shape index (κ1) is 12.5. The van der Waals surface area contributed by atoms with Crippen molar-refractivity contribution in [2.24, 2.45) is 0 Å². The smallest absolute Gasteiger partial charge is 0.123 e. The highest BCUT2D eigenvalue weighted by Gasteiger charge is 2.34. The van der Waals surface area contributed by atoms with Gasteiger partial charge in [-0.15, -0.1) is 23.5 Å². The van der Waals surface area contributed by atoms with E-state index < -0.39 is 0 Å².